The summed E-state index contributed by atoms with van der Waals surface area (Å²) in [7, 11) is 0. The van der Waals surface area contributed by atoms with Crippen molar-refractivity contribution < 1.29 is 18.9 Å². The molecule has 2 fully saturated rings. The zero-order chi connectivity index (χ0) is 13.9. The van der Waals surface area contributed by atoms with Crippen molar-refractivity contribution in [3.63, 3.8) is 0 Å². The van der Waals surface area contributed by atoms with Gasteiger partial charge in [-0.05, 0) is 61.6 Å². The highest BCUT2D eigenvalue weighted by atomic mass is 127. The van der Waals surface area contributed by atoms with Gasteiger partial charge in [-0.25, -0.2) is 0 Å². The Labute approximate surface area is 129 Å². The molecule has 0 radical (unpaired) electrons. The minimum Gasteiger partial charge on any atom is -0.356 e. The highest BCUT2D eigenvalue weighted by Gasteiger charge is 2.43. The summed E-state index contributed by atoms with van der Waals surface area (Å²) in [5.41, 5.74) is 0. The van der Waals surface area contributed by atoms with Gasteiger partial charge in [0.25, 0.3) is 0 Å². The zero-order valence-electron chi connectivity index (χ0n) is 12.1. The van der Waals surface area contributed by atoms with E-state index in [0.717, 1.165) is 25.9 Å². The van der Waals surface area contributed by atoms with Gasteiger partial charge in [0, 0.05) is 12.5 Å². The van der Waals surface area contributed by atoms with E-state index in [9.17, 15) is 0 Å². The van der Waals surface area contributed by atoms with Crippen molar-refractivity contribution in [1.29, 1.82) is 0 Å². The summed E-state index contributed by atoms with van der Waals surface area (Å²) in [6, 6.07) is 0. The van der Waals surface area contributed by atoms with Crippen LogP contribution in [0.4, 0.5) is 0 Å². The van der Waals surface area contributed by atoms with Crippen molar-refractivity contribution in [3.8, 4) is 0 Å². The zero-order valence-corrected chi connectivity index (χ0v) is 14.2. The molecule has 5 atom stereocenters. The lowest BCUT2D eigenvalue weighted by atomic mass is 9.78. The summed E-state index contributed by atoms with van der Waals surface area (Å²) < 4.78 is 22.7. The van der Waals surface area contributed by atoms with Crippen LogP contribution in [0.5, 0.6) is 0 Å². The predicted molar refractivity (Wildman–Crippen MR) is 81.1 cm³/mol. The second-order valence-electron chi connectivity index (χ2n) is 5.67. The quantitative estimate of drug-likeness (QED) is 0.315. The lowest BCUT2D eigenvalue weighted by Gasteiger charge is -2.41. The molecule has 0 bridgehead atoms. The van der Waals surface area contributed by atoms with Crippen molar-refractivity contribution in [2.24, 2.45) is 11.8 Å². The summed E-state index contributed by atoms with van der Waals surface area (Å²) in [6.45, 7) is 8.15. The van der Waals surface area contributed by atoms with Crippen LogP contribution in [0.15, 0.2) is 0 Å². The fraction of sp³-hybridized carbons (Fsp3) is 1.00. The largest absolute Gasteiger partial charge is 0.356 e. The minimum absolute atomic E-state index is 0.0159. The molecule has 2 unspecified atom stereocenters. The van der Waals surface area contributed by atoms with E-state index in [0.29, 0.717) is 25.2 Å². The Morgan fingerprint density at radius 3 is 2.74 bits per heavy atom. The summed E-state index contributed by atoms with van der Waals surface area (Å²) in [5.74, 6) is 1.03. The Morgan fingerprint density at radius 1 is 1.37 bits per heavy atom. The lowest BCUT2D eigenvalue weighted by Crippen LogP contribution is -2.40. The van der Waals surface area contributed by atoms with E-state index in [2.05, 4.69) is 36.4 Å². The normalized spacial score (nSPS) is 43.6. The monoisotopic (exact) mass is 384 g/mol. The van der Waals surface area contributed by atoms with Gasteiger partial charge in [0.15, 0.2) is 6.29 Å². The van der Waals surface area contributed by atoms with Crippen molar-refractivity contribution in [3.05, 3.63) is 0 Å². The van der Waals surface area contributed by atoms with Gasteiger partial charge in [0.1, 0.15) is 10.4 Å². The maximum Gasteiger partial charge on any atom is 0.161 e. The minimum atomic E-state index is -0.0902. The number of halogens is 1. The first-order valence-electron chi connectivity index (χ1n) is 7.22. The molecule has 5 heteroatoms. The van der Waals surface area contributed by atoms with Gasteiger partial charge in [0.2, 0.25) is 0 Å². The molecular formula is C14H25IO4. The molecule has 0 aromatic carbocycles. The van der Waals surface area contributed by atoms with Crippen LogP contribution in [-0.4, -0.2) is 36.0 Å². The molecule has 1 heterocycles. The van der Waals surface area contributed by atoms with Crippen LogP contribution >= 0.6 is 22.6 Å². The van der Waals surface area contributed by atoms with Crippen molar-refractivity contribution >= 4 is 22.6 Å². The van der Waals surface area contributed by atoms with E-state index in [1.165, 1.54) is 0 Å². The molecule has 112 valence electrons. The summed E-state index contributed by atoms with van der Waals surface area (Å²) in [6.07, 6.45) is 3.37. The van der Waals surface area contributed by atoms with Crippen LogP contribution in [0.2, 0.25) is 0 Å². The smallest absolute Gasteiger partial charge is 0.161 e. The topological polar surface area (TPSA) is 36.9 Å². The summed E-state index contributed by atoms with van der Waals surface area (Å²) in [4.78, 5) is 0. The first kappa shape index (κ1) is 15.9. The number of rotatable bonds is 5. The number of hydrogen-bond acceptors (Lipinski definition) is 4. The molecular weight excluding hydrogens is 359 g/mol. The molecule has 1 aliphatic carbocycles. The van der Waals surface area contributed by atoms with Gasteiger partial charge >= 0.3 is 0 Å². The third-order valence-electron chi connectivity index (χ3n) is 4.02. The molecule has 1 aliphatic heterocycles. The second kappa shape index (κ2) is 7.02. The summed E-state index contributed by atoms with van der Waals surface area (Å²) >= 11 is 2.44. The third kappa shape index (κ3) is 4.27. The first-order valence-corrected chi connectivity index (χ1v) is 8.29. The molecule has 0 spiro atoms. The number of hydrogen-bond donors (Lipinski definition) is 0. The SMILES string of the molecule is CCOCOC1(I)CC[C@H]([C@@H]2OC[C@H](C)O2)C(C)C1. The van der Waals surface area contributed by atoms with E-state index in [1.807, 2.05) is 6.92 Å². The molecule has 0 N–H and O–H groups in total. The van der Waals surface area contributed by atoms with Gasteiger partial charge in [-0.3, -0.25) is 0 Å². The molecule has 19 heavy (non-hydrogen) atoms. The third-order valence-corrected chi connectivity index (χ3v) is 5.32. The van der Waals surface area contributed by atoms with E-state index < -0.39 is 0 Å². The van der Waals surface area contributed by atoms with E-state index >= 15 is 0 Å². The Morgan fingerprint density at radius 2 is 2.16 bits per heavy atom. The van der Waals surface area contributed by atoms with Crippen LogP contribution in [0, 0.1) is 11.8 Å². The van der Waals surface area contributed by atoms with Crippen LogP contribution < -0.4 is 0 Å². The Kier molecular flexibility index (Phi) is 5.90. The van der Waals surface area contributed by atoms with Gasteiger partial charge in [-0.1, -0.05) is 6.92 Å². The molecule has 1 saturated carbocycles. The fourth-order valence-corrected chi connectivity index (χ4v) is 4.06. The number of alkyl halides is 1. The molecule has 1 saturated heterocycles. The van der Waals surface area contributed by atoms with Gasteiger partial charge in [-0.2, -0.15) is 0 Å². The van der Waals surface area contributed by atoms with E-state index in [-0.39, 0.29) is 16.0 Å². The van der Waals surface area contributed by atoms with E-state index in [4.69, 9.17) is 18.9 Å². The average Bonchev–Trinajstić information content (AvgIpc) is 2.76. The Balaban J connectivity index is 1.83. The second-order valence-corrected chi connectivity index (χ2v) is 7.64. The first-order chi connectivity index (χ1) is 9.04. The molecule has 0 amide bonds. The average molecular weight is 384 g/mol. The highest BCUT2D eigenvalue weighted by Crippen LogP contribution is 2.45. The predicted octanol–water partition coefficient (Wildman–Crippen LogP) is 3.33. The van der Waals surface area contributed by atoms with Gasteiger partial charge < -0.3 is 18.9 Å². The van der Waals surface area contributed by atoms with Crippen LogP contribution in [0.25, 0.3) is 0 Å². The molecule has 0 aromatic heterocycles. The molecule has 4 nitrogen and oxygen atoms in total. The van der Waals surface area contributed by atoms with Crippen molar-refractivity contribution in [2.45, 2.75) is 56.0 Å². The molecule has 2 aliphatic rings. The maximum absolute atomic E-state index is 5.90. The molecule has 2 rings (SSSR count). The van der Waals surface area contributed by atoms with Gasteiger partial charge in [-0.15, -0.1) is 0 Å². The summed E-state index contributed by atoms with van der Waals surface area (Å²) in [5, 5.41) is 0. The van der Waals surface area contributed by atoms with Crippen LogP contribution in [-0.2, 0) is 18.9 Å². The standard InChI is InChI=1S/C14H25IO4/c1-4-16-9-18-14(15)6-5-12(10(2)7-14)13-17-8-11(3)19-13/h10-13H,4-9H2,1-3H3/t10?,11-,12-,13+,14?/m0/s1. The Hall–Kier alpha value is 0.570. The van der Waals surface area contributed by atoms with Crippen LogP contribution in [0.3, 0.4) is 0 Å². The highest BCUT2D eigenvalue weighted by molar-refractivity contribution is 14.1. The van der Waals surface area contributed by atoms with Crippen molar-refractivity contribution in [1.82, 2.24) is 0 Å². The maximum atomic E-state index is 5.90. The fourth-order valence-electron chi connectivity index (χ4n) is 2.93. The number of ether oxygens (including phenoxy) is 4. The van der Waals surface area contributed by atoms with Crippen molar-refractivity contribution in [2.75, 3.05) is 20.0 Å². The van der Waals surface area contributed by atoms with Gasteiger partial charge in [0.05, 0.1) is 12.7 Å². The molecule has 0 aromatic rings. The van der Waals surface area contributed by atoms with Crippen LogP contribution in [0.1, 0.15) is 40.0 Å². The lowest BCUT2D eigenvalue weighted by molar-refractivity contribution is -0.150. The van der Waals surface area contributed by atoms with E-state index in [1.54, 1.807) is 0 Å². The Bertz CT molecular complexity index is 289.